The van der Waals surface area contributed by atoms with Gasteiger partial charge in [-0.25, -0.2) is 32.6 Å². The van der Waals surface area contributed by atoms with Crippen molar-refractivity contribution in [2.45, 2.75) is 57.4 Å². The van der Waals surface area contributed by atoms with E-state index < -0.39 is 29.7 Å². The second-order valence-corrected chi connectivity index (χ2v) is 9.43. The van der Waals surface area contributed by atoms with Gasteiger partial charge in [0.2, 0.25) is 5.67 Å². The molecule has 0 unspecified atom stereocenters. The summed E-state index contributed by atoms with van der Waals surface area (Å²) in [6.07, 6.45) is -0.303. The van der Waals surface area contributed by atoms with Gasteiger partial charge in [0, 0.05) is 19.2 Å². The van der Waals surface area contributed by atoms with Gasteiger partial charge in [-0.2, -0.15) is 4.98 Å². The molecule has 0 radical (unpaired) electrons. The Balaban J connectivity index is 1.29. The second kappa shape index (κ2) is 9.60. The smallest absolute Gasteiger partial charge is 0.341 e. The molecule has 196 valence electrons. The Morgan fingerprint density at radius 2 is 2.08 bits per heavy atom. The number of carboxylic acid groups (broad SMARTS) is 1. The van der Waals surface area contributed by atoms with E-state index in [1.54, 1.807) is 26.1 Å². The minimum absolute atomic E-state index is 0.00819. The number of carboxylic acids is 1. The summed E-state index contributed by atoms with van der Waals surface area (Å²) in [7, 11) is 1.66. The number of halogens is 3. The Bertz CT molecular complexity index is 1320. The molecule has 5 rings (SSSR count). The molecule has 3 aromatic heterocycles. The molecule has 0 spiro atoms. The van der Waals surface area contributed by atoms with E-state index in [0.29, 0.717) is 47.8 Å². The Kier molecular flexibility index (Phi) is 6.46. The van der Waals surface area contributed by atoms with Crippen molar-refractivity contribution in [1.29, 1.82) is 0 Å². The number of fused-ring (bicyclic) bond motifs is 1. The van der Waals surface area contributed by atoms with Crippen LogP contribution in [0.4, 0.5) is 13.2 Å². The molecule has 1 N–H and O–H groups in total. The van der Waals surface area contributed by atoms with Crippen molar-refractivity contribution in [2.75, 3.05) is 0 Å². The molecule has 0 bridgehead atoms. The van der Waals surface area contributed by atoms with E-state index in [9.17, 15) is 23.1 Å². The quantitative estimate of drug-likeness (QED) is 0.473. The normalized spacial score (nSPS) is 24.9. The largest absolute Gasteiger partial charge is 0.489 e. The zero-order chi connectivity index (χ0) is 26.3. The van der Waals surface area contributed by atoms with Gasteiger partial charge in [0.15, 0.2) is 0 Å². The van der Waals surface area contributed by atoms with E-state index in [-0.39, 0.29) is 31.1 Å². The lowest BCUT2D eigenvalue weighted by molar-refractivity contribution is -0.153. The number of aromatic nitrogens is 6. The van der Waals surface area contributed by atoms with E-state index >= 15 is 0 Å². The number of aliphatic carboxylic acids is 1. The lowest BCUT2D eigenvalue weighted by atomic mass is 9.89. The topological polar surface area (TPSA) is 125 Å². The van der Waals surface area contributed by atoms with Crippen LogP contribution < -0.4 is 9.47 Å². The van der Waals surface area contributed by atoms with Crippen LogP contribution in [0.25, 0.3) is 11.4 Å². The molecular formula is C24H25F3N6O4. The van der Waals surface area contributed by atoms with Gasteiger partial charge < -0.3 is 14.6 Å². The van der Waals surface area contributed by atoms with Crippen LogP contribution in [0.3, 0.4) is 0 Å². The van der Waals surface area contributed by atoms with Gasteiger partial charge in [-0.05, 0) is 56.7 Å². The lowest BCUT2D eigenvalue weighted by Gasteiger charge is -2.22. The van der Waals surface area contributed by atoms with Crippen LogP contribution in [0.1, 0.15) is 49.2 Å². The van der Waals surface area contributed by atoms with Gasteiger partial charge in [-0.15, -0.1) is 5.10 Å². The summed E-state index contributed by atoms with van der Waals surface area (Å²) in [4.78, 5) is 23.6. The number of rotatable bonds is 8. The maximum Gasteiger partial charge on any atom is 0.341 e. The Labute approximate surface area is 209 Å². The van der Waals surface area contributed by atoms with E-state index in [1.807, 2.05) is 0 Å². The number of alkyl halides is 3. The predicted octanol–water partition coefficient (Wildman–Crippen LogP) is 3.85. The maximum absolute atomic E-state index is 15.0. The molecule has 0 saturated heterocycles. The van der Waals surface area contributed by atoms with E-state index in [4.69, 9.17) is 9.47 Å². The number of hydrogen-bond donors (Lipinski definition) is 1. The fourth-order valence-electron chi connectivity index (χ4n) is 5.30. The molecule has 4 atom stereocenters. The van der Waals surface area contributed by atoms with Crippen molar-refractivity contribution in [2.24, 2.45) is 18.9 Å². The highest BCUT2D eigenvalue weighted by Crippen LogP contribution is 2.52. The third kappa shape index (κ3) is 4.69. The van der Waals surface area contributed by atoms with Crippen molar-refractivity contribution < 1.29 is 32.5 Å². The molecule has 37 heavy (non-hydrogen) atoms. The van der Waals surface area contributed by atoms with E-state index in [2.05, 4.69) is 25.3 Å². The monoisotopic (exact) mass is 518 g/mol. The molecule has 2 fully saturated rings. The van der Waals surface area contributed by atoms with Crippen molar-refractivity contribution >= 4 is 5.97 Å². The first kappa shape index (κ1) is 24.9. The van der Waals surface area contributed by atoms with Gasteiger partial charge >= 0.3 is 12.0 Å². The Hall–Kier alpha value is -3.77. The first-order valence-corrected chi connectivity index (χ1v) is 11.8. The summed E-state index contributed by atoms with van der Waals surface area (Å²) in [5.74, 6) is -1.42. The molecule has 13 heteroatoms. The maximum atomic E-state index is 15.0. The van der Waals surface area contributed by atoms with Crippen molar-refractivity contribution in [3.8, 4) is 23.1 Å². The van der Waals surface area contributed by atoms with Gasteiger partial charge in [0.05, 0.1) is 17.5 Å². The summed E-state index contributed by atoms with van der Waals surface area (Å²) in [6, 6.07) is 4.36. The van der Waals surface area contributed by atoms with Crippen molar-refractivity contribution in [3.05, 3.63) is 41.5 Å². The van der Waals surface area contributed by atoms with Gasteiger partial charge in [0.25, 0.3) is 6.43 Å². The van der Waals surface area contributed by atoms with E-state index in [1.165, 1.54) is 10.9 Å². The highest BCUT2D eigenvalue weighted by atomic mass is 19.3. The second-order valence-electron chi connectivity index (χ2n) is 9.43. The van der Waals surface area contributed by atoms with Crippen LogP contribution in [0.2, 0.25) is 0 Å². The van der Waals surface area contributed by atoms with Crippen molar-refractivity contribution in [1.82, 2.24) is 29.9 Å². The molecule has 3 heterocycles. The number of hydrogen-bond acceptors (Lipinski definition) is 8. The standard InChI is InChI=1S/C24H25F3N6O4/c1-12-19(37-14-9-13-5-7-24(27,22(34)35)15(13)10-14)4-3-16(29-12)20-18(33(2)32-31-20)11-36-23-28-8-6-17(30-23)21(25)26/h3-4,6,8,13-15,21H,5,7,9-11H2,1-2H3,(H,34,35)/t13-,14-,15+,24-/m0/s1. The molecular weight excluding hydrogens is 493 g/mol. The first-order valence-electron chi connectivity index (χ1n) is 11.8. The van der Waals surface area contributed by atoms with Crippen LogP contribution in [0.5, 0.6) is 11.8 Å². The number of aryl methyl sites for hydroxylation is 2. The molecule has 2 aliphatic carbocycles. The summed E-state index contributed by atoms with van der Waals surface area (Å²) >= 11 is 0. The van der Waals surface area contributed by atoms with Gasteiger partial charge in [0.1, 0.15) is 29.4 Å². The molecule has 2 saturated carbocycles. The highest BCUT2D eigenvalue weighted by Gasteiger charge is 2.58. The number of nitrogens with zero attached hydrogens (tertiary/aromatic N) is 6. The van der Waals surface area contributed by atoms with Crippen LogP contribution in [-0.2, 0) is 18.4 Å². The highest BCUT2D eigenvalue weighted by molar-refractivity contribution is 5.78. The summed E-state index contributed by atoms with van der Waals surface area (Å²) in [5.41, 5.74) is -0.590. The zero-order valence-electron chi connectivity index (χ0n) is 20.1. The third-order valence-electron chi connectivity index (χ3n) is 7.21. The third-order valence-corrected chi connectivity index (χ3v) is 7.21. The SMILES string of the molecule is Cc1nc(-c2nnn(C)c2COc2nccc(C(F)F)n2)ccc1O[C@H]1C[C@@H]2CC[C@@](F)(C(=O)O)[C@@H]2C1. The van der Waals surface area contributed by atoms with Crippen LogP contribution in [-0.4, -0.2) is 52.8 Å². The van der Waals surface area contributed by atoms with E-state index in [0.717, 1.165) is 6.07 Å². The van der Waals surface area contributed by atoms with Gasteiger partial charge in [-0.3, -0.25) is 0 Å². The molecule has 0 amide bonds. The minimum atomic E-state index is -2.74. The predicted molar refractivity (Wildman–Crippen MR) is 122 cm³/mol. The fraction of sp³-hybridized carbons (Fsp3) is 0.500. The van der Waals surface area contributed by atoms with Crippen LogP contribution in [0, 0.1) is 18.8 Å². The average molecular weight is 518 g/mol. The molecule has 2 aliphatic rings. The average Bonchev–Trinajstić information content (AvgIpc) is 3.54. The molecule has 10 nitrogen and oxygen atoms in total. The first-order chi connectivity index (χ1) is 17.7. The molecule has 3 aromatic rings. The number of carbonyl (C=O) groups is 1. The number of pyridine rings is 1. The molecule has 0 aromatic carbocycles. The Morgan fingerprint density at radius 3 is 2.81 bits per heavy atom. The minimum Gasteiger partial charge on any atom is -0.489 e. The lowest BCUT2D eigenvalue weighted by Crippen LogP contribution is -2.38. The summed E-state index contributed by atoms with van der Waals surface area (Å²) in [6.45, 7) is 1.69. The van der Waals surface area contributed by atoms with Gasteiger partial charge in [-0.1, -0.05) is 5.21 Å². The zero-order valence-corrected chi connectivity index (χ0v) is 20.1. The van der Waals surface area contributed by atoms with Crippen LogP contribution in [0.15, 0.2) is 24.4 Å². The van der Waals surface area contributed by atoms with Crippen LogP contribution >= 0.6 is 0 Å². The number of ether oxygens (including phenoxy) is 2. The summed E-state index contributed by atoms with van der Waals surface area (Å²) in [5, 5.41) is 17.5. The van der Waals surface area contributed by atoms with Crippen molar-refractivity contribution in [3.63, 3.8) is 0 Å². The Morgan fingerprint density at radius 1 is 1.27 bits per heavy atom. The summed E-state index contributed by atoms with van der Waals surface area (Å²) < 4.78 is 53.9. The molecule has 0 aliphatic heterocycles. The fourth-order valence-corrected chi connectivity index (χ4v) is 5.30.